The molecule has 0 saturated carbocycles. The lowest BCUT2D eigenvalue weighted by atomic mass is 10.3. The summed E-state index contributed by atoms with van der Waals surface area (Å²) in [5.41, 5.74) is 0.997. The summed E-state index contributed by atoms with van der Waals surface area (Å²) < 4.78 is 38.5. The highest BCUT2D eigenvalue weighted by Gasteiger charge is 2.38. The second-order valence-electron chi connectivity index (χ2n) is 4.72. The Balaban J connectivity index is 2.11. The van der Waals surface area contributed by atoms with Gasteiger partial charge in [-0.1, -0.05) is 23.2 Å². The number of alkyl halides is 3. The summed E-state index contributed by atoms with van der Waals surface area (Å²) in [6, 6.07) is 1.53. The van der Waals surface area contributed by atoms with E-state index in [0.29, 0.717) is 21.4 Å². The van der Waals surface area contributed by atoms with Crippen LogP contribution in [0.5, 0.6) is 0 Å². The predicted octanol–water partition coefficient (Wildman–Crippen LogP) is 3.00. The van der Waals surface area contributed by atoms with E-state index in [-0.39, 0.29) is 6.54 Å². The second-order valence-corrected chi connectivity index (χ2v) is 5.57. The number of aliphatic hydroxyl groups is 1. The van der Waals surface area contributed by atoms with Crippen molar-refractivity contribution in [1.82, 2.24) is 14.3 Å². The molecule has 0 aromatic carbocycles. The zero-order valence-electron chi connectivity index (χ0n) is 10.9. The van der Waals surface area contributed by atoms with E-state index in [1.165, 1.54) is 18.0 Å². The van der Waals surface area contributed by atoms with Crippen LogP contribution in [0.25, 0.3) is 5.65 Å². The maximum atomic E-state index is 12.3. The minimum absolute atomic E-state index is 0.142. The zero-order chi connectivity index (χ0) is 15.8. The van der Waals surface area contributed by atoms with Gasteiger partial charge in [0.25, 0.3) is 0 Å². The smallest absolute Gasteiger partial charge is 0.382 e. The second kappa shape index (κ2) is 6.00. The molecule has 1 unspecified atom stereocenters. The molecule has 9 heteroatoms. The fourth-order valence-electron chi connectivity index (χ4n) is 1.89. The summed E-state index contributed by atoms with van der Waals surface area (Å²) in [6.07, 6.45) is -3.80. The number of aliphatic hydroxyl groups excluding tert-OH is 1. The van der Waals surface area contributed by atoms with Crippen LogP contribution >= 0.6 is 23.2 Å². The standard InChI is InChI=1S/C12H12Cl2F3N3O/c1-19(6-10(21)12(15,16)17)4-8-5-20-3-7(13)2-9(14)11(20)18-8/h2-3,5,10,21H,4,6H2,1H3. The third kappa shape index (κ3) is 4.00. The third-order valence-electron chi connectivity index (χ3n) is 2.82. The van der Waals surface area contributed by atoms with E-state index in [0.717, 1.165) is 0 Å². The van der Waals surface area contributed by atoms with Crippen molar-refractivity contribution in [1.29, 1.82) is 0 Å². The summed E-state index contributed by atoms with van der Waals surface area (Å²) in [7, 11) is 1.47. The maximum Gasteiger partial charge on any atom is 0.415 e. The first-order chi connectivity index (χ1) is 9.66. The van der Waals surface area contributed by atoms with Crippen LogP contribution in [0.4, 0.5) is 13.2 Å². The first-order valence-corrected chi connectivity index (χ1v) is 6.68. The Morgan fingerprint density at radius 3 is 2.67 bits per heavy atom. The molecule has 2 rings (SSSR count). The van der Waals surface area contributed by atoms with Gasteiger partial charge in [-0.15, -0.1) is 0 Å². The molecule has 2 heterocycles. The van der Waals surface area contributed by atoms with Crippen molar-refractivity contribution < 1.29 is 18.3 Å². The molecule has 0 spiro atoms. The molecule has 0 aliphatic rings. The Kier molecular flexibility index (Phi) is 4.67. The molecule has 0 radical (unpaired) electrons. The van der Waals surface area contributed by atoms with E-state index in [1.54, 1.807) is 16.8 Å². The SMILES string of the molecule is CN(Cc1cn2cc(Cl)cc(Cl)c2n1)CC(O)C(F)(F)F. The van der Waals surface area contributed by atoms with Crippen molar-refractivity contribution in [3.63, 3.8) is 0 Å². The first kappa shape index (κ1) is 16.4. The van der Waals surface area contributed by atoms with Crippen molar-refractivity contribution in [3.05, 3.63) is 34.2 Å². The van der Waals surface area contributed by atoms with Gasteiger partial charge in [0.15, 0.2) is 11.8 Å². The number of pyridine rings is 1. The monoisotopic (exact) mass is 341 g/mol. The number of fused-ring (bicyclic) bond motifs is 1. The van der Waals surface area contributed by atoms with Crippen LogP contribution < -0.4 is 0 Å². The van der Waals surface area contributed by atoms with Crippen molar-refractivity contribution in [3.8, 4) is 0 Å². The molecule has 0 amide bonds. The van der Waals surface area contributed by atoms with E-state index in [1.807, 2.05) is 0 Å². The topological polar surface area (TPSA) is 40.8 Å². The molecule has 116 valence electrons. The normalized spacial score (nSPS) is 14.1. The van der Waals surface area contributed by atoms with Gasteiger partial charge in [-0.2, -0.15) is 13.2 Å². The fraction of sp³-hybridized carbons (Fsp3) is 0.417. The predicted molar refractivity (Wildman–Crippen MR) is 73.6 cm³/mol. The van der Waals surface area contributed by atoms with E-state index < -0.39 is 18.8 Å². The molecule has 2 aromatic rings. The van der Waals surface area contributed by atoms with Crippen molar-refractivity contribution in [2.75, 3.05) is 13.6 Å². The molecule has 1 atom stereocenters. The van der Waals surface area contributed by atoms with E-state index >= 15 is 0 Å². The van der Waals surface area contributed by atoms with Gasteiger partial charge >= 0.3 is 6.18 Å². The zero-order valence-corrected chi connectivity index (χ0v) is 12.4. The number of likely N-dealkylation sites (N-methyl/N-ethyl adjacent to an activating group) is 1. The Hall–Kier alpha value is -1.02. The largest absolute Gasteiger partial charge is 0.415 e. The Morgan fingerprint density at radius 2 is 2.05 bits per heavy atom. The number of hydrogen-bond acceptors (Lipinski definition) is 3. The number of hydrogen-bond donors (Lipinski definition) is 1. The lowest BCUT2D eigenvalue weighted by molar-refractivity contribution is -0.207. The minimum atomic E-state index is -4.63. The minimum Gasteiger partial charge on any atom is -0.382 e. The van der Waals surface area contributed by atoms with Crippen molar-refractivity contribution in [2.45, 2.75) is 18.8 Å². The van der Waals surface area contributed by atoms with E-state index in [2.05, 4.69) is 4.98 Å². The van der Waals surface area contributed by atoms with E-state index in [4.69, 9.17) is 28.3 Å². The summed E-state index contributed by atoms with van der Waals surface area (Å²) >= 11 is 11.8. The van der Waals surface area contributed by atoms with Crippen LogP contribution in [-0.2, 0) is 6.54 Å². The molecule has 0 saturated heterocycles. The quantitative estimate of drug-likeness (QED) is 0.929. The molecule has 0 bridgehead atoms. The molecule has 4 nitrogen and oxygen atoms in total. The summed E-state index contributed by atoms with van der Waals surface area (Å²) in [5.74, 6) is 0. The van der Waals surface area contributed by atoms with Crippen LogP contribution in [0.1, 0.15) is 5.69 Å². The highest BCUT2D eigenvalue weighted by molar-refractivity contribution is 6.36. The van der Waals surface area contributed by atoms with Gasteiger partial charge in [0, 0.05) is 25.5 Å². The van der Waals surface area contributed by atoms with Crippen molar-refractivity contribution >= 4 is 28.8 Å². The lowest BCUT2D eigenvalue weighted by Gasteiger charge is -2.21. The number of nitrogens with zero attached hydrogens (tertiary/aromatic N) is 3. The molecule has 21 heavy (non-hydrogen) atoms. The van der Waals surface area contributed by atoms with Crippen LogP contribution in [0.2, 0.25) is 10.0 Å². The summed E-state index contributed by atoms with van der Waals surface area (Å²) in [5, 5.41) is 9.81. The van der Waals surface area contributed by atoms with Gasteiger partial charge in [0.2, 0.25) is 0 Å². The summed E-state index contributed by atoms with van der Waals surface area (Å²) in [6.45, 7) is -0.394. The Labute approximate surface area is 128 Å². The molecule has 0 aliphatic carbocycles. The van der Waals surface area contributed by atoms with Crippen LogP contribution in [0.3, 0.4) is 0 Å². The van der Waals surface area contributed by atoms with Gasteiger partial charge in [-0.25, -0.2) is 4.98 Å². The number of imidazole rings is 1. The number of halogens is 5. The Morgan fingerprint density at radius 1 is 1.38 bits per heavy atom. The molecular formula is C12H12Cl2F3N3O. The molecule has 2 aromatic heterocycles. The average molecular weight is 342 g/mol. The maximum absolute atomic E-state index is 12.3. The number of rotatable bonds is 4. The fourth-order valence-corrected chi connectivity index (χ4v) is 2.42. The highest BCUT2D eigenvalue weighted by atomic mass is 35.5. The number of aromatic nitrogens is 2. The van der Waals surface area contributed by atoms with Gasteiger partial charge in [-0.3, -0.25) is 4.90 Å². The third-order valence-corrected chi connectivity index (χ3v) is 3.30. The van der Waals surface area contributed by atoms with Gasteiger partial charge in [-0.05, 0) is 13.1 Å². The molecular weight excluding hydrogens is 330 g/mol. The van der Waals surface area contributed by atoms with Crippen LogP contribution in [0, 0.1) is 0 Å². The molecule has 0 fully saturated rings. The molecule has 0 aliphatic heterocycles. The van der Waals surface area contributed by atoms with Crippen LogP contribution in [-0.4, -0.2) is 45.3 Å². The van der Waals surface area contributed by atoms with Crippen LogP contribution in [0.15, 0.2) is 18.5 Å². The Bertz CT molecular complexity index is 644. The lowest BCUT2D eigenvalue weighted by Crippen LogP contribution is -2.39. The van der Waals surface area contributed by atoms with Gasteiger partial charge in [0.05, 0.1) is 15.7 Å². The molecule has 1 N–H and O–H groups in total. The summed E-state index contributed by atoms with van der Waals surface area (Å²) in [4.78, 5) is 5.56. The average Bonchev–Trinajstić information content (AvgIpc) is 2.69. The highest BCUT2D eigenvalue weighted by Crippen LogP contribution is 2.23. The van der Waals surface area contributed by atoms with Gasteiger partial charge in [0.1, 0.15) is 0 Å². The van der Waals surface area contributed by atoms with Gasteiger partial charge < -0.3 is 9.51 Å². The van der Waals surface area contributed by atoms with Crippen molar-refractivity contribution in [2.24, 2.45) is 0 Å². The first-order valence-electron chi connectivity index (χ1n) is 5.93. The van der Waals surface area contributed by atoms with E-state index in [9.17, 15) is 13.2 Å².